The molecule has 7 nitrogen and oxygen atoms in total. The molecule has 2 heterocycles. The summed E-state index contributed by atoms with van der Waals surface area (Å²) in [5, 5.41) is 7.55. The molecule has 1 aliphatic heterocycles. The number of nitrogens with zero attached hydrogens (tertiary/aromatic N) is 2. The Kier molecular flexibility index (Phi) is 7.80. The smallest absolute Gasteiger partial charge is 0.234 e. The highest BCUT2D eigenvalue weighted by Crippen LogP contribution is 2.23. The minimum Gasteiger partial charge on any atom is -0.352 e. The van der Waals surface area contributed by atoms with Gasteiger partial charge in [-0.1, -0.05) is 12.1 Å². The Morgan fingerprint density at radius 3 is 2.62 bits per heavy atom. The van der Waals surface area contributed by atoms with Crippen LogP contribution in [0.25, 0.3) is 0 Å². The lowest BCUT2D eigenvalue weighted by Crippen LogP contribution is -2.51. The first-order valence-corrected chi connectivity index (χ1v) is 9.55. The number of nitrogens with one attached hydrogen (secondary N) is 2. The molecule has 26 heavy (non-hydrogen) atoms. The van der Waals surface area contributed by atoms with Crippen LogP contribution in [0.5, 0.6) is 0 Å². The summed E-state index contributed by atoms with van der Waals surface area (Å²) in [6.07, 6.45) is 1.90. The van der Waals surface area contributed by atoms with Crippen molar-refractivity contribution in [2.45, 2.75) is 19.4 Å². The highest BCUT2D eigenvalue weighted by atomic mass is 32.1. The minimum atomic E-state index is -0.289. The molecule has 142 valence electrons. The molecule has 0 aromatic carbocycles. The Labute approximate surface area is 158 Å². The highest BCUT2D eigenvalue weighted by Gasteiger charge is 2.25. The van der Waals surface area contributed by atoms with Gasteiger partial charge in [0.1, 0.15) is 0 Å². The molecule has 1 aromatic heterocycles. The maximum Gasteiger partial charge on any atom is 0.234 e. The summed E-state index contributed by atoms with van der Waals surface area (Å²) in [6.45, 7) is 8.33. The molecule has 0 radical (unpaired) electrons. The van der Waals surface area contributed by atoms with E-state index < -0.39 is 0 Å². The second-order valence-electron chi connectivity index (χ2n) is 6.22. The van der Waals surface area contributed by atoms with Crippen molar-refractivity contribution in [3.8, 4) is 0 Å². The molecule has 0 saturated carbocycles. The number of rotatable bonds is 8. The van der Waals surface area contributed by atoms with Crippen LogP contribution in [0, 0.1) is 0 Å². The zero-order chi connectivity index (χ0) is 18.9. The van der Waals surface area contributed by atoms with Crippen molar-refractivity contribution < 1.29 is 14.4 Å². The van der Waals surface area contributed by atoms with Crippen LogP contribution in [-0.2, 0) is 14.4 Å². The molecule has 1 saturated heterocycles. The van der Waals surface area contributed by atoms with E-state index in [0.29, 0.717) is 39.3 Å². The van der Waals surface area contributed by atoms with Crippen LogP contribution >= 0.6 is 11.3 Å². The predicted octanol–water partition coefficient (Wildman–Crippen LogP) is 0.762. The third-order valence-corrected chi connectivity index (χ3v) is 5.16. The van der Waals surface area contributed by atoms with E-state index in [4.69, 9.17) is 0 Å². The van der Waals surface area contributed by atoms with Crippen LogP contribution in [0.1, 0.15) is 24.3 Å². The normalized spacial score (nSPS) is 16.0. The SMILES string of the molecule is C=CCNC(=O)CN1CCN(C(=O)CC(NC(C)=O)c2cccs2)CC1. The molecule has 1 unspecified atom stereocenters. The van der Waals surface area contributed by atoms with Crippen molar-refractivity contribution in [3.05, 3.63) is 35.0 Å². The Balaban J connectivity index is 1.82. The van der Waals surface area contributed by atoms with Crippen LogP contribution in [0.15, 0.2) is 30.2 Å². The monoisotopic (exact) mass is 378 g/mol. The average Bonchev–Trinajstić information content (AvgIpc) is 3.14. The molecular weight excluding hydrogens is 352 g/mol. The summed E-state index contributed by atoms with van der Waals surface area (Å²) in [5.74, 6) is -0.160. The zero-order valence-corrected chi connectivity index (χ0v) is 15.9. The summed E-state index contributed by atoms with van der Waals surface area (Å²) in [6, 6.07) is 3.55. The van der Waals surface area contributed by atoms with Crippen molar-refractivity contribution in [1.82, 2.24) is 20.4 Å². The van der Waals surface area contributed by atoms with E-state index in [-0.39, 0.29) is 30.2 Å². The van der Waals surface area contributed by atoms with Crippen LogP contribution in [-0.4, -0.2) is 66.8 Å². The molecule has 1 fully saturated rings. The fourth-order valence-electron chi connectivity index (χ4n) is 2.86. The maximum absolute atomic E-state index is 12.6. The fourth-order valence-corrected chi connectivity index (χ4v) is 3.64. The van der Waals surface area contributed by atoms with Gasteiger partial charge in [-0.05, 0) is 11.4 Å². The molecule has 1 aliphatic rings. The van der Waals surface area contributed by atoms with Gasteiger partial charge in [0.25, 0.3) is 0 Å². The molecule has 1 aromatic rings. The average molecular weight is 378 g/mol. The number of hydrogen-bond donors (Lipinski definition) is 2. The number of carbonyl (C=O) groups excluding carboxylic acids is 3. The lowest BCUT2D eigenvalue weighted by molar-refractivity contribution is -0.134. The highest BCUT2D eigenvalue weighted by molar-refractivity contribution is 7.10. The van der Waals surface area contributed by atoms with Gasteiger partial charge < -0.3 is 15.5 Å². The lowest BCUT2D eigenvalue weighted by atomic mass is 10.1. The topological polar surface area (TPSA) is 81.8 Å². The molecule has 1 atom stereocenters. The Morgan fingerprint density at radius 2 is 2.04 bits per heavy atom. The quantitative estimate of drug-likeness (QED) is 0.655. The number of piperazine rings is 1. The van der Waals surface area contributed by atoms with Crippen LogP contribution < -0.4 is 10.6 Å². The summed E-state index contributed by atoms with van der Waals surface area (Å²) >= 11 is 1.53. The molecule has 8 heteroatoms. The molecule has 3 amide bonds. The van der Waals surface area contributed by atoms with Gasteiger partial charge in [-0.3, -0.25) is 19.3 Å². The van der Waals surface area contributed by atoms with E-state index in [0.717, 1.165) is 4.88 Å². The maximum atomic E-state index is 12.6. The molecule has 0 spiro atoms. The van der Waals surface area contributed by atoms with Gasteiger partial charge in [-0.2, -0.15) is 0 Å². The van der Waals surface area contributed by atoms with Crippen LogP contribution in [0.2, 0.25) is 0 Å². The number of amides is 3. The van der Waals surface area contributed by atoms with E-state index in [1.807, 2.05) is 22.4 Å². The van der Waals surface area contributed by atoms with E-state index in [2.05, 4.69) is 17.2 Å². The Bertz CT molecular complexity index is 624. The van der Waals surface area contributed by atoms with Gasteiger partial charge >= 0.3 is 0 Å². The molecular formula is C18H26N4O3S. The van der Waals surface area contributed by atoms with Crippen molar-refractivity contribution in [2.75, 3.05) is 39.3 Å². The predicted molar refractivity (Wildman–Crippen MR) is 102 cm³/mol. The van der Waals surface area contributed by atoms with Gasteiger partial charge in [0.2, 0.25) is 17.7 Å². The first-order valence-electron chi connectivity index (χ1n) is 8.68. The fraction of sp³-hybridized carbons (Fsp3) is 0.500. The van der Waals surface area contributed by atoms with Gasteiger partial charge in [0, 0.05) is 44.5 Å². The van der Waals surface area contributed by atoms with Crippen molar-refractivity contribution in [2.24, 2.45) is 0 Å². The second-order valence-corrected chi connectivity index (χ2v) is 7.20. The first kappa shape index (κ1) is 20.1. The first-order chi connectivity index (χ1) is 12.5. The van der Waals surface area contributed by atoms with Crippen molar-refractivity contribution in [3.63, 3.8) is 0 Å². The summed E-state index contributed by atoms with van der Waals surface area (Å²) < 4.78 is 0. The second kappa shape index (κ2) is 10.1. The van der Waals surface area contributed by atoms with E-state index in [9.17, 15) is 14.4 Å². The number of hydrogen-bond acceptors (Lipinski definition) is 5. The standard InChI is InChI=1S/C18H26N4O3S/c1-3-6-19-17(24)13-21-7-9-22(10-8-21)18(25)12-15(20-14(2)23)16-5-4-11-26-16/h3-5,11,15H,1,6-10,12-13H2,2H3,(H,19,24)(H,20,23). The zero-order valence-electron chi connectivity index (χ0n) is 15.1. The summed E-state index contributed by atoms with van der Waals surface area (Å²) in [4.78, 5) is 40.6. The van der Waals surface area contributed by atoms with Crippen LogP contribution in [0.3, 0.4) is 0 Å². The molecule has 0 aliphatic carbocycles. The Hall–Kier alpha value is -2.19. The van der Waals surface area contributed by atoms with E-state index >= 15 is 0 Å². The van der Waals surface area contributed by atoms with E-state index in [1.54, 1.807) is 11.0 Å². The van der Waals surface area contributed by atoms with Gasteiger partial charge in [0.15, 0.2) is 0 Å². The van der Waals surface area contributed by atoms with Crippen molar-refractivity contribution >= 4 is 29.1 Å². The van der Waals surface area contributed by atoms with Gasteiger partial charge in [-0.25, -0.2) is 0 Å². The lowest BCUT2D eigenvalue weighted by Gasteiger charge is -2.35. The minimum absolute atomic E-state index is 0.0212. The summed E-state index contributed by atoms with van der Waals surface area (Å²) in [7, 11) is 0. The number of thiophene rings is 1. The van der Waals surface area contributed by atoms with Gasteiger partial charge in [0.05, 0.1) is 19.0 Å². The molecule has 0 bridgehead atoms. The van der Waals surface area contributed by atoms with Crippen molar-refractivity contribution in [1.29, 1.82) is 0 Å². The third-order valence-electron chi connectivity index (χ3n) is 4.18. The Morgan fingerprint density at radius 1 is 1.31 bits per heavy atom. The van der Waals surface area contributed by atoms with Gasteiger partial charge in [-0.15, -0.1) is 17.9 Å². The number of carbonyl (C=O) groups is 3. The van der Waals surface area contributed by atoms with E-state index in [1.165, 1.54) is 18.3 Å². The molecule has 2 rings (SSSR count). The largest absolute Gasteiger partial charge is 0.352 e. The third kappa shape index (κ3) is 6.27. The molecule has 2 N–H and O–H groups in total. The summed E-state index contributed by atoms with van der Waals surface area (Å²) in [5.41, 5.74) is 0. The van der Waals surface area contributed by atoms with Crippen LogP contribution in [0.4, 0.5) is 0 Å².